The van der Waals surface area contributed by atoms with E-state index in [4.69, 9.17) is 4.74 Å². The molecule has 2 heterocycles. The van der Waals surface area contributed by atoms with Gasteiger partial charge in [-0.2, -0.15) is 0 Å². The fourth-order valence-electron chi connectivity index (χ4n) is 3.70. The number of hydrogen-bond donors (Lipinski definition) is 1. The van der Waals surface area contributed by atoms with Crippen LogP contribution in [0.25, 0.3) is 0 Å². The van der Waals surface area contributed by atoms with Gasteiger partial charge in [-0.1, -0.05) is 6.42 Å². The van der Waals surface area contributed by atoms with E-state index in [1.807, 2.05) is 7.05 Å². The number of nitrogens with zero attached hydrogens (tertiary/aromatic N) is 3. The van der Waals surface area contributed by atoms with Gasteiger partial charge in [0.2, 0.25) is 0 Å². The standard InChI is InChI=1S/C17H34N4O.HI/c1-15-7-4-5-10-20(15)11-6-9-19-17(18-2)21-12-8-16(13-21)14-22-3;/h15-16H,4-14H2,1-3H3,(H,18,19);1H. The molecule has 0 spiro atoms. The number of guanidine groups is 1. The second-order valence-corrected chi connectivity index (χ2v) is 6.76. The highest BCUT2D eigenvalue weighted by atomic mass is 127. The van der Waals surface area contributed by atoms with Crippen molar-refractivity contribution in [3.05, 3.63) is 0 Å². The predicted octanol–water partition coefficient (Wildman–Crippen LogP) is 2.41. The molecule has 2 rings (SSSR count). The molecule has 0 aliphatic carbocycles. The lowest BCUT2D eigenvalue weighted by Crippen LogP contribution is -2.42. The van der Waals surface area contributed by atoms with E-state index in [0.717, 1.165) is 38.2 Å². The van der Waals surface area contributed by atoms with E-state index < -0.39 is 0 Å². The molecule has 1 N–H and O–H groups in total. The van der Waals surface area contributed by atoms with Crippen LogP contribution in [0.1, 0.15) is 39.0 Å². The van der Waals surface area contributed by atoms with E-state index >= 15 is 0 Å². The molecule has 2 saturated heterocycles. The van der Waals surface area contributed by atoms with Crippen molar-refractivity contribution in [2.24, 2.45) is 10.9 Å². The molecule has 136 valence electrons. The first kappa shape index (κ1) is 21.0. The number of halogens is 1. The minimum atomic E-state index is 0. The maximum absolute atomic E-state index is 5.27. The van der Waals surface area contributed by atoms with Crippen LogP contribution in [0.3, 0.4) is 0 Å². The summed E-state index contributed by atoms with van der Waals surface area (Å²) in [6.45, 7) is 8.89. The molecule has 2 atom stereocenters. The summed E-state index contributed by atoms with van der Waals surface area (Å²) in [5.74, 6) is 1.71. The largest absolute Gasteiger partial charge is 0.384 e. The van der Waals surface area contributed by atoms with Gasteiger partial charge in [0.25, 0.3) is 0 Å². The zero-order chi connectivity index (χ0) is 15.8. The molecule has 0 aromatic heterocycles. The molecule has 2 unspecified atom stereocenters. The average molecular weight is 438 g/mol. The first-order chi connectivity index (χ1) is 10.7. The Bertz CT molecular complexity index is 353. The highest BCUT2D eigenvalue weighted by Gasteiger charge is 2.24. The molecule has 0 amide bonds. The van der Waals surface area contributed by atoms with Crippen LogP contribution >= 0.6 is 24.0 Å². The SMILES string of the molecule is CN=C(NCCCN1CCCCC1C)N1CCC(COC)C1.I. The molecule has 2 aliphatic heterocycles. The van der Waals surface area contributed by atoms with Crippen molar-refractivity contribution in [3.63, 3.8) is 0 Å². The monoisotopic (exact) mass is 438 g/mol. The van der Waals surface area contributed by atoms with Crippen molar-refractivity contribution >= 4 is 29.9 Å². The first-order valence-corrected chi connectivity index (χ1v) is 8.93. The van der Waals surface area contributed by atoms with Gasteiger partial charge in [0.15, 0.2) is 5.96 Å². The number of piperidine rings is 1. The number of likely N-dealkylation sites (tertiary alicyclic amines) is 2. The van der Waals surface area contributed by atoms with Crippen molar-refractivity contribution in [1.82, 2.24) is 15.1 Å². The van der Waals surface area contributed by atoms with Crippen molar-refractivity contribution in [1.29, 1.82) is 0 Å². The minimum Gasteiger partial charge on any atom is -0.384 e. The number of rotatable bonds is 6. The molecule has 2 aliphatic rings. The van der Waals surface area contributed by atoms with Gasteiger partial charge in [-0.25, -0.2) is 0 Å². The molecular weight excluding hydrogens is 403 g/mol. The van der Waals surface area contributed by atoms with Crippen LogP contribution in [0.4, 0.5) is 0 Å². The van der Waals surface area contributed by atoms with Crippen LogP contribution in [0.5, 0.6) is 0 Å². The Labute approximate surface area is 159 Å². The Balaban J connectivity index is 0.00000264. The van der Waals surface area contributed by atoms with Gasteiger partial charge in [-0.3, -0.25) is 4.99 Å². The van der Waals surface area contributed by atoms with E-state index in [9.17, 15) is 0 Å². The number of aliphatic imine (C=N–C) groups is 1. The molecule has 23 heavy (non-hydrogen) atoms. The van der Waals surface area contributed by atoms with E-state index in [0.29, 0.717) is 5.92 Å². The average Bonchev–Trinajstić information content (AvgIpc) is 2.98. The molecular formula is C17H35IN4O. The Morgan fingerprint density at radius 1 is 1.26 bits per heavy atom. The van der Waals surface area contributed by atoms with Gasteiger partial charge in [0, 0.05) is 52.3 Å². The Morgan fingerprint density at radius 2 is 2.09 bits per heavy atom. The first-order valence-electron chi connectivity index (χ1n) is 8.93. The van der Waals surface area contributed by atoms with Gasteiger partial charge in [0.1, 0.15) is 0 Å². The summed E-state index contributed by atoms with van der Waals surface area (Å²) in [6, 6.07) is 0.765. The van der Waals surface area contributed by atoms with Crippen LogP contribution in [0.2, 0.25) is 0 Å². The molecule has 0 aromatic carbocycles. The van der Waals surface area contributed by atoms with Gasteiger partial charge in [0.05, 0.1) is 6.61 Å². The van der Waals surface area contributed by atoms with E-state index in [1.54, 1.807) is 7.11 Å². The van der Waals surface area contributed by atoms with E-state index in [1.165, 1.54) is 45.2 Å². The summed E-state index contributed by atoms with van der Waals surface area (Å²) in [4.78, 5) is 9.45. The smallest absolute Gasteiger partial charge is 0.193 e. The lowest BCUT2D eigenvalue weighted by molar-refractivity contribution is 0.157. The maximum Gasteiger partial charge on any atom is 0.193 e. The number of methoxy groups -OCH3 is 1. The summed E-state index contributed by atoms with van der Waals surface area (Å²) in [5, 5.41) is 3.54. The molecule has 0 radical (unpaired) electrons. The summed E-state index contributed by atoms with van der Waals surface area (Å²) in [5.41, 5.74) is 0. The van der Waals surface area contributed by atoms with Crippen LogP contribution in [-0.4, -0.2) is 75.3 Å². The molecule has 0 aromatic rings. The molecule has 6 heteroatoms. The van der Waals surface area contributed by atoms with E-state index in [2.05, 4.69) is 27.0 Å². The summed E-state index contributed by atoms with van der Waals surface area (Å²) < 4.78 is 5.27. The summed E-state index contributed by atoms with van der Waals surface area (Å²) in [6.07, 6.45) is 6.54. The summed E-state index contributed by atoms with van der Waals surface area (Å²) >= 11 is 0. The third kappa shape index (κ3) is 6.74. The third-order valence-corrected chi connectivity index (χ3v) is 5.05. The number of ether oxygens (including phenoxy) is 1. The van der Waals surface area contributed by atoms with Gasteiger partial charge < -0.3 is 19.9 Å². The lowest BCUT2D eigenvalue weighted by atomic mass is 10.0. The van der Waals surface area contributed by atoms with Crippen LogP contribution in [0.15, 0.2) is 4.99 Å². The predicted molar refractivity (Wildman–Crippen MR) is 108 cm³/mol. The maximum atomic E-state index is 5.27. The van der Waals surface area contributed by atoms with Crippen LogP contribution in [0, 0.1) is 5.92 Å². The lowest BCUT2D eigenvalue weighted by Gasteiger charge is -2.33. The zero-order valence-electron chi connectivity index (χ0n) is 15.1. The number of hydrogen-bond acceptors (Lipinski definition) is 3. The third-order valence-electron chi connectivity index (χ3n) is 5.05. The van der Waals surface area contributed by atoms with Crippen LogP contribution < -0.4 is 5.32 Å². The van der Waals surface area contributed by atoms with Gasteiger partial charge in [-0.05, 0) is 39.2 Å². The highest BCUT2D eigenvalue weighted by Crippen LogP contribution is 2.17. The fraction of sp³-hybridized carbons (Fsp3) is 0.941. The second-order valence-electron chi connectivity index (χ2n) is 6.76. The quantitative estimate of drug-likeness (QED) is 0.299. The van der Waals surface area contributed by atoms with Crippen molar-refractivity contribution < 1.29 is 4.74 Å². The minimum absolute atomic E-state index is 0. The Hall–Kier alpha value is -0.0800. The van der Waals surface area contributed by atoms with Crippen molar-refractivity contribution in [2.75, 3.05) is 53.5 Å². The van der Waals surface area contributed by atoms with Gasteiger partial charge in [-0.15, -0.1) is 24.0 Å². The van der Waals surface area contributed by atoms with Crippen LogP contribution in [-0.2, 0) is 4.74 Å². The second kappa shape index (κ2) is 11.5. The molecule has 2 fully saturated rings. The summed E-state index contributed by atoms with van der Waals surface area (Å²) in [7, 11) is 3.68. The highest BCUT2D eigenvalue weighted by molar-refractivity contribution is 14.0. The van der Waals surface area contributed by atoms with Crippen molar-refractivity contribution in [2.45, 2.75) is 45.1 Å². The Morgan fingerprint density at radius 3 is 2.78 bits per heavy atom. The van der Waals surface area contributed by atoms with E-state index in [-0.39, 0.29) is 24.0 Å². The zero-order valence-corrected chi connectivity index (χ0v) is 17.4. The Kier molecular flexibility index (Phi) is 10.5. The number of nitrogens with one attached hydrogen (secondary N) is 1. The topological polar surface area (TPSA) is 40.1 Å². The van der Waals surface area contributed by atoms with Gasteiger partial charge >= 0.3 is 0 Å². The molecule has 0 saturated carbocycles. The fourth-order valence-corrected chi connectivity index (χ4v) is 3.70. The molecule has 0 bridgehead atoms. The van der Waals surface area contributed by atoms with Crippen molar-refractivity contribution in [3.8, 4) is 0 Å². The molecule has 5 nitrogen and oxygen atoms in total. The normalized spacial score (nSPS) is 26.2.